The maximum atomic E-state index is 12.8. The van der Waals surface area contributed by atoms with Gasteiger partial charge >= 0.3 is 0 Å². The van der Waals surface area contributed by atoms with E-state index in [4.69, 9.17) is 9.72 Å². The SMILES string of the molecule is CCCSc1nc2sc3c(c2c2nnc(SCC(=O)N[C@@H](C)CCc4ccccc4)n12)CC(C)(C)OC3. The van der Waals surface area contributed by atoms with Crippen LogP contribution in [0.15, 0.2) is 40.6 Å². The molecule has 0 fully saturated rings. The quantitative estimate of drug-likeness (QED) is 0.192. The van der Waals surface area contributed by atoms with Crippen molar-refractivity contribution in [3.8, 4) is 0 Å². The number of hydrogen-bond acceptors (Lipinski definition) is 8. The standard InChI is InChI=1S/C27H33N5O2S3/c1-5-13-35-25-29-24-22(19-14-27(3,4)34-15-20(19)37-24)23-30-31-26(32(23)25)36-16-21(33)28-17(2)11-12-18-9-7-6-8-10-18/h6-10,17H,5,11-16H2,1-4H3,(H,28,33)/t17-/m0/s1. The number of aryl methyl sites for hydroxylation is 1. The third-order valence-corrected chi connectivity index (χ3v) is 9.57. The van der Waals surface area contributed by atoms with E-state index in [1.165, 1.54) is 27.8 Å². The van der Waals surface area contributed by atoms with Gasteiger partial charge in [-0.15, -0.1) is 21.5 Å². The van der Waals surface area contributed by atoms with Gasteiger partial charge in [0.05, 0.1) is 23.3 Å². The number of ether oxygens (including phenoxy) is 1. The number of amides is 1. The van der Waals surface area contributed by atoms with Gasteiger partial charge in [0.2, 0.25) is 5.91 Å². The molecule has 1 atom stereocenters. The highest BCUT2D eigenvalue weighted by molar-refractivity contribution is 8.00. The highest BCUT2D eigenvalue weighted by atomic mass is 32.2. The fourth-order valence-corrected chi connectivity index (χ4v) is 7.32. The minimum atomic E-state index is -0.222. The molecule has 1 N–H and O–H groups in total. The smallest absolute Gasteiger partial charge is 0.230 e. The number of fused-ring (bicyclic) bond motifs is 5. The zero-order valence-electron chi connectivity index (χ0n) is 21.7. The molecule has 1 amide bonds. The first kappa shape index (κ1) is 26.5. The minimum Gasteiger partial charge on any atom is -0.370 e. The molecule has 0 bridgehead atoms. The van der Waals surface area contributed by atoms with E-state index >= 15 is 0 Å². The Balaban J connectivity index is 1.35. The van der Waals surface area contributed by atoms with Gasteiger partial charge in [-0.25, -0.2) is 9.38 Å². The van der Waals surface area contributed by atoms with Crippen LogP contribution in [0, 0.1) is 0 Å². The number of carbonyl (C=O) groups excluding carboxylic acids is 1. The molecule has 1 aromatic carbocycles. The molecule has 0 saturated carbocycles. The van der Waals surface area contributed by atoms with E-state index in [0.29, 0.717) is 11.8 Å². The highest BCUT2D eigenvalue weighted by Gasteiger charge is 2.31. The van der Waals surface area contributed by atoms with Crippen molar-refractivity contribution in [3.05, 3.63) is 46.3 Å². The van der Waals surface area contributed by atoms with Gasteiger partial charge in [0, 0.05) is 23.1 Å². The Labute approximate surface area is 230 Å². The monoisotopic (exact) mass is 555 g/mol. The van der Waals surface area contributed by atoms with Gasteiger partial charge in [0.25, 0.3) is 0 Å². The zero-order valence-corrected chi connectivity index (χ0v) is 24.2. The second-order valence-electron chi connectivity index (χ2n) is 10.1. The summed E-state index contributed by atoms with van der Waals surface area (Å²) in [5, 5.41) is 14.9. The average Bonchev–Trinajstić information content (AvgIpc) is 3.45. The average molecular weight is 556 g/mol. The van der Waals surface area contributed by atoms with Crippen LogP contribution in [-0.2, 0) is 29.0 Å². The van der Waals surface area contributed by atoms with Crippen molar-refractivity contribution in [1.82, 2.24) is 24.9 Å². The fourth-order valence-electron chi connectivity index (χ4n) is 4.52. The van der Waals surface area contributed by atoms with E-state index in [0.717, 1.165) is 52.5 Å². The molecular weight excluding hydrogens is 523 g/mol. The van der Waals surface area contributed by atoms with Crippen molar-refractivity contribution in [2.45, 2.75) is 81.9 Å². The molecule has 37 heavy (non-hydrogen) atoms. The van der Waals surface area contributed by atoms with Gasteiger partial charge < -0.3 is 10.1 Å². The second kappa shape index (κ2) is 11.3. The Morgan fingerprint density at radius 1 is 1.22 bits per heavy atom. The largest absolute Gasteiger partial charge is 0.370 e. The molecule has 1 aliphatic rings. The van der Waals surface area contributed by atoms with E-state index in [1.807, 2.05) is 18.2 Å². The number of thioether (sulfide) groups is 2. The lowest BCUT2D eigenvalue weighted by atomic mass is 9.94. The predicted octanol–water partition coefficient (Wildman–Crippen LogP) is 5.92. The number of aromatic nitrogens is 4. The summed E-state index contributed by atoms with van der Waals surface area (Å²) in [5.74, 6) is 1.25. The normalized spacial score (nSPS) is 15.7. The Morgan fingerprint density at radius 3 is 2.81 bits per heavy atom. The Morgan fingerprint density at radius 2 is 2.03 bits per heavy atom. The van der Waals surface area contributed by atoms with Gasteiger partial charge in [-0.3, -0.25) is 4.79 Å². The van der Waals surface area contributed by atoms with Crippen LogP contribution in [0.5, 0.6) is 0 Å². The van der Waals surface area contributed by atoms with Crippen LogP contribution in [0.1, 0.15) is 56.5 Å². The summed E-state index contributed by atoms with van der Waals surface area (Å²) >= 11 is 4.83. The number of nitrogens with one attached hydrogen (secondary N) is 1. The van der Waals surface area contributed by atoms with Crippen molar-refractivity contribution < 1.29 is 9.53 Å². The van der Waals surface area contributed by atoms with Crippen molar-refractivity contribution in [1.29, 1.82) is 0 Å². The van der Waals surface area contributed by atoms with Crippen LogP contribution >= 0.6 is 34.9 Å². The van der Waals surface area contributed by atoms with Crippen LogP contribution in [0.3, 0.4) is 0 Å². The number of nitrogens with zero attached hydrogens (tertiary/aromatic N) is 4. The molecule has 10 heteroatoms. The maximum Gasteiger partial charge on any atom is 0.230 e. The van der Waals surface area contributed by atoms with Crippen LogP contribution in [0.4, 0.5) is 0 Å². The molecule has 0 radical (unpaired) electrons. The summed E-state index contributed by atoms with van der Waals surface area (Å²) in [6.45, 7) is 9.08. The topological polar surface area (TPSA) is 81.4 Å². The molecule has 4 heterocycles. The molecule has 1 aliphatic heterocycles. The lowest BCUT2D eigenvalue weighted by Gasteiger charge is -2.30. The first-order chi connectivity index (χ1) is 17.8. The van der Waals surface area contributed by atoms with E-state index in [2.05, 4.69) is 59.7 Å². The van der Waals surface area contributed by atoms with Gasteiger partial charge in [0.1, 0.15) is 4.83 Å². The molecule has 5 rings (SSSR count). The van der Waals surface area contributed by atoms with Gasteiger partial charge in [-0.05, 0) is 51.2 Å². The predicted molar refractivity (Wildman–Crippen MR) is 153 cm³/mol. The first-order valence-corrected chi connectivity index (χ1v) is 15.6. The minimum absolute atomic E-state index is 0.00548. The number of thiophene rings is 1. The van der Waals surface area contributed by atoms with Crippen LogP contribution < -0.4 is 5.32 Å². The lowest BCUT2D eigenvalue weighted by molar-refractivity contribution is -0.119. The van der Waals surface area contributed by atoms with E-state index in [-0.39, 0.29) is 23.3 Å². The fraction of sp³-hybridized carbons (Fsp3) is 0.481. The summed E-state index contributed by atoms with van der Waals surface area (Å²) in [5.41, 5.74) is 3.17. The van der Waals surface area contributed by atoms with Crippen molar-refractivity contribution >= 4 is 56.6 Å². The molecule has 4 aromatic rings. The highest BCUT2D eigenvalue weighted by Crippen LogP contribution is 2.41. The molecule has 0 aliphatic carbocycles. The lowest BCUT2D eigenvalue weighted by Crippen LogP contribution is -2.34. The molecule has 0 spiro atoms. The summed E-state index contributed by atoms with van der Waals surface area (Å²) in [6, 6.07) is 10.5. The third kappa shape index (κ3) is 5.97. The molecule has 0 saturated heterocycles. The van der Waals surface area contributed by atoms with Crippen LogP contribution in [0.25, 0.3) is 15.9 Å². The first-order valence-electron chi connectivity index (χ1n) is 12.8. The van der Waals surface area contributed by atoms with Crippen molar-refractivity contribution in [2.75, 3.05) is 11.5 Å². The summed E-state index contributed by atoms with van der Waals surface area (Å²) in [6.07, 6.45) is 3.70. The summed E-state index contributed by atoms with van der Waals surface area (Å²) < 4.78 is 8.11. The van der Waals surface area contributed by atoms with E-state index < -0.39 is 0 Å². The Kier molecular flexibility index (Phi) is 8.09. The maximum absolute atomic E-state index is 12.8. The second-order valence-corrected chi connectivity index (χ2v) is 13.2. The summed E-state index contributed by atoms with van der Waals surface area (Å²) in [7, 11) is 0. The summed E-state index contributed by atoms with van der Waals surface area (Å²) in [4.78, 5) is 20.0. The van der Waals surface area contributed by atoms with E-state index in [9.17, 15) is 4.79 Å². The van der Waals surface area contributed by atoms with E-state index in [1.54, 1.807) is 23.1 Å². The Bertz CT molecular complexity index is 1400. The van der Waals surface area contributed by atoms with Crippen molar-refractivity contribution in [3.63, 3.8) is 0 Å². The van der Waals surface area contributed by atoms with Crippen molar-refractivity contribution in [2.24, 2.45) is 0 Å². The van der Waals surface area contributed by atoms with Crippen LogP contribution in [-0.4, -0.2) is 48.6 Å². The third-order valence-electron chi connectivity index (χ3n) is 6.40. The van der Waals surface area contributed by atoms with Gasteiger partial charge in [-0.1, -0.05) is 60.8 Å². The zero-order chi connectivity index (χ0) is 26.0. The Hall–Kier alpha value is -2.14. The molecule has 0 unspecified atom stereocenters. The van der Waals surface area contributed by atoms with Gasteiger partial charge in [-0.2, -0.15) is 0 Å². The molecule has 3 aromatic heterocycles. The number of hydrogen-bond donors (Lipinski definition) is 1. The number of carbonyl (C=O) groups is 1. The molecule has 7 nitrogen and oxygen atoms in total. The van der Waals surface area contributed by atoms with Gasteiger partial charge in [0.15, 0.2) is 16.0 Å². The molecule has 196 valence electrons. The number of rotatable bonds is 10. The molecular formula is C27H33N5O2S3. The van der Waals surface area contributed by atoms with Crippen LogP contribution in [0.2, 0.25) is 0 Å². The number of benzene rings is 1.